The van der Waals surface area contributed by atoms with Gasteiger partial charge in [-0.15, -0.1) is 0 Å². The first-order valence-electron chi connectivity index (χ1n) is 5.60. The van der Waals surface area contributed by atoms with E-state index in [0.717, 1.165) is 0 Å². The van der Waals surface area contributed by atoms with Crippen LogP contribution in [0.2, 0.25) is 0 Å². The Kier molecular flexibility index (Phi) is 5.33. The number of hydrogen-bond acceptors (Lipinski definition) is 4. The fraction of sp³-hybridized carbons (Fsp3) is 0.636. The van der Waals surface area contributed by atoms with Crippen molar-refractivity contribution in [2.24, 2.45) is 0 Å². The minimum atomic E-state index is -4.21. The molecule has 0 aromatic carbocycles. The van der Waals surface area contributed by atoms with Crippen molar-refractivity contribution in [2.75, 3.05) is 6.61 Å². The van der Waals surface area contributed by atoms with Crippen LogP contribution in [0.25, 0.3) is 0 Å². The molecule has 0 unspecified atom stereocenters. The topological polar surface area (TPSA) is 47.0 Å². The highest BCUT2D eigenvalue weighted by molar-refractivity contribution is 5.07. The van der Waals surface area contributed by atoms with Crippen molar-refractivity contribution in [2.45, 2.75) is 39.0 Å². The number of nitrogens with zero attached hydrogens (tertiary/aromatic N) is 2. The molecule has 0 fully saturated rings. The molecule has 0 saturated carbocycles. The van der Waals surface area contributed by atoms with E-state index in [2.05, 4.69) is 15.3 Å². The molecule has 0 saturated heterocycles. The molecule has 0 aliphatic carbocycles. The van der Waals surface area contributed by atoms with Crippen LogP contribution in [-0.4, -0.2) is 28.8 Å². The minimum absolute atomic E-state index is 0.104. The molecule has 0 atom stereocenters. The Bertz CT molecular complexity index is 352. The van der Waals surface area contributed by atoms with Gasteiger partial charge >= 0.3 is 6.18 Å². The van der Waals surface area contributed by atoms with E-state index in [4.69, 9.17) is 4.74 Å². The van der Waals surface area contributed by atoms with Crippen LogP contribution in [0.4, 0.5) is 13.2 Å². The van der Waals surface area contributed by atoms with Crippen molar-refractivity contribution in [3.63, 3.8) is 0 Å². The van der Waals surface area contributed by atoms with E-state index in [1.807, 2.05) is 13.8 Å². The lowest BCUT2D eigenvalue weighted by Gasteiger charge is -2.09. The molecule has 0 spiro atoms. The molecule has 1 aromatic heterocycles. The van der Waals surface area contributed by atoms with Gasteiger partial charge in [0.15, 0.2) is 0 Å². The Labute approximate surface area is 104 Å². The predicted molar refractivity (Wildman–Crippen MR) is 60.2 cm³/mol. The van der Waals surface area contributed by atoms with Gasteiger partial charge in [-0.2, -0.15) is 13.2 Å². The van der Waals surface area contributed by atoms with Gasteiger partial charge < -0.3 is 10.1 Å². The molecule has 1 heterocycles. The Hall–Kier alpha value is -1.37. The predicted octanol–water partition coefficient (Wildman–Crippen LogP) is 2.31. The van der Waals surface area contributed by atoms with Crippen LogP contribution in [0, 0.1) is 0 Å². The van der Waals surface area contributed by atoms with Gasteiger partial charge in [0.1, 0.15) is 0 Å². The van der Waals surface area contributed by atoms with Crippen LogP contribution in [-0.2, 0) is 6.54 Å². The summed E-state index contributed by atoms with van der Waals surface area (Å²) in [5.41, 5.74) is 0.715. The van der Waals surface area contributed by atoms with Gasteiger partial charge in [-0.25, -0.2) is 4.98 Å². The third kappa shape index (κ3) is 6.39. The van der Waals surface area contributed by atoms with Crippen LogP contribution in [0.5, 0.6) is 5.88 Å². The van der Waals surface area contributed by atoms with E-state index >= 15 is 0 Å². The zero-order chi connectivity index (χ0) is 13.6. The summed E-state index contributed by atoms with van der Waals surface area (Å²) < 4.78 is 40.5. The lowest BCUT2D eigenvalue weighted by atomic mass is 10.3. The fourth-order valence-corrected chi connectivity index (χ4v) is 1.09. The summed E-state index contributed by atoms with van der Waals surface area (Å²) in [6.45, 7) is 4.12. The molecule has 1 N–H and O–H groups in total. The zero-order valence-corrected chi connectivity index (χ0v) is 10.3. The maximum Gasteiger partial charge on any atom is 0.392 e. The quantitative estimate of drug-likeness (QED) is 0.855. The van der Waals surface area contributed by atoms with Crippen molar-refractivity contribution in [3.8, 4) is 5.88 Å². The summed E-state index contributed by atoms with van der Waals surface area (Å²) in [4.78, 5) is 7.92. The SMILES string of the molecule is CC(C)NCc1cnc(OCCC(F)(F)F)cn1. The molecule has 102 valence electrons. The molecule has 0 radical (unpaired) electrons. The number of rotatable bonds is 6. The number of aromatic nitrogens is 2. The first-order valence-corrected chi connectivity index (χ1v) is 5.60. The molecular formula is C11H16F3N3O. The van der Waals surface area contributed by atoms with Gasteiger partial charge in [-0.3, -0.25) is 4.98 Å². The largest absolute Gasteiger partial charge is 0.476 e. The van der Waals surface area contributed by atoms with Gasteiger partial charge in [-0.1, -0.05) is 13.8 Å². The van der Waals surface area contributed by atoms with Crippen LogP contribution in [0.1, 0.15) is 26.0 Å². The maximum absolute atomic E-state index is 11.9. The van der Waals surface area contributed by atoms with Gasteiger partial charge in [0, 0.05) is 12.6 Å². The number of halogens is 3. The summed E-state index contributed by atoms with van der Waals surface area (Å²) in [6, 6.07) is 0.328. The third-order valence-electron chi connectivity index (χ3n) is 2.01. The lowest BCUT2D eigenvalue weighted by molar-refractivity contribution is -0.139. The molecule has 0 aliphatic heterocycles. The van der Waals surface area contributed by atoms with Crippen LogP contribution in [0.3, 0.4) is 0 Å². The molecule has 0 amide bonds. The first kappa shape index (κ1) is 14.7. The van der Waals surface area contributed by atoms with E-state index in [1.54, 1.807) is 0 Å². The molecule has 7 heteroatoms. The van der Waals surface area contributed by atoms with E-state index in [1.165, 1.54) is 12.4 Å². The summed E-state index contributed by atoms with van der Waals surface area (Å²) in [6.07, 6.45) is -2.40. The van der Waals surface area contributed by atoms with Crippen molar-refractivity contribution in [3.05, 3.63) is 18.1 Å². The first-order chi connectivity index (χ1) is 8.37. The molecule has 1 aromatic rings. The molecular weight excluding hydrogens is 247 g/mol. The van der Waals surface area contributed by atoms with Crippen LogP contribution < -0.4 is 10.1 Å². The Balaban J connectivity index is 2.36. The molecule has 4 nitrogen and oxygen atoms in total. The van der Waals surface area contributed by atoms with E-state index in [-0.39, 0.29) is 5.88 Å². The summed E-state index contributed by atoms with van der Waals surface area (Å²) in [5.74, 6) is 0.104. The zero-order valence-electron chi connectivity index (χ0n) is 10.3. The number of alkyl halides is 3. The number of nitrogens with one attached hydrogen (secondary N) is 1. The average Bonchev–Trinajstić information content (AvgIpc) is 2.26. The van der Waals surface area contributed by atoms with E-state index in [0.29, 0.717) is 18.3 Å². The molecule has 0 bridgehead atoms. The fourth-order valence-electron chi connectivity index (χ4n) is 1.09. The molecule has 18 heavy (non-hydrogen) atoms. The minimum Gasteiger partial charge on any atom is -0.476 e. The Morgan fingerprint density at radius 3 is 2.50 bits per heavy atom. The number of hydrogen-bond donors (Lipinski definition) is 1. The number of ether oxygens (including phenoxy) is 1. The summed E-state index contributed by atoms with van der Waals surface area (Å²) in [7, 11) is 0. The third-order valence-corrected chi connectivity index (χ3v) is 2.01. The van der Waals surface area contributed by atoms with Gasteiger partial charge in [0.05, 0.1) is 31.1 Å². The molecule has 1 rings (SSSR count). The van der Waals surface area contributed by atoms with Crippen molar-refractivity contribution in [1.29, 1.82) is 0 Å². The second kappa shape index (κ2) is 6.53. The summed E-state index contributed by atoms with van der Waals surface area (Å²) in [5, 5.41) is 3.15. The Morgan fingerprint density at radius 2 is 2.00 bits per heavy atom. The van der Waals surface area contributed by atoms with Crippen LogP contribution >= 0.6 is 0 Å². The van der Waals surface area contributed by atoms with E-state index < -0.39 is 19.2 Å². The normalized spacial score (nSPS) is 11.9. The van der Waals surface area contributed by atoms with E-state index in [9.17, 15) is 13.2 Å². The standard InChI is InChI=1S/C11H16F3N3O/c1-8(2)15-5-9-6-17-10(7-16-9)18-4-3-11(12,13)14/h6-8,15H,3-5H2,1-2H3. The second-order valence-electron chi connectivity index (χ2n) is 4.10. The Morgan fingerprint density at radius 1 is 1.28 bits per heavy atom. The van der Waals surface area contributed by atoms with Gasteiger partial charge in [-0.05, 0) is 0 Å². The van der Waals surface area contributed by atoms with Crippen molar-refractivity contribution < 1.29 is 17.9 Å². The highest BCUT2D eigenvalue weighted by atomic mass is 19.4. The lowest BCUT2D eigenvalue weighted by Crippen LogP contribution is -2.22. The van der Waals surface area contributed by atoms with Crippen LogP contribution in [0.15, 0.2) is 12.4 Å². The van der Waals surface area contributed by atoms with Crippen molar-refractivity contribution >= 4 is 0 Å². The highest BCUT2D eigenvalue weighted by Crippen LogP contribution is 2.19. The summed E-state index contributed by atoms with van der Waals surface area (Å²) >= 11 is 0. The molecule has 0 aliphatic rings. The van der Waals surface area contributed by atoms with Crippen molar-refractivity contribution in [1.82, 2.24) is 15.3 Å². The average molecular weight is 263 g/mol. The maximum atomic E-state index is 11.9. The van der Waals surface area contributed by atoms with Gasteiger partial charge in [0.2, 0.25) is 5.88 Å². The highest BCUT2D eigenvalue weighted by Gasteiger charge is 2.26. The monoisotopic (exact) mass is 263 g/mol. The van der Waals surface area contributed by atoms with Gasteiger partial charge in [0.25, 0.3) is 0 Å². The second-order valence-corrected chi connectivity index (χ2v) is 4.10. The smallest absolute Gasteiger partial charge is 0.392 e.